The molecule has 0 spiro atoms. The van der Waals surface area contributed by atoms with Crippen molar-refractivity contribution < 1.29 is 22.3 Å². The number of likely N-dealkylation sites (tertiary alicyclic amines) is 1. The van der Waals surface area contributed by atoms with Gasteiger partial charge in [-0.2, -0.15) is 18.3 Å². The smallest absolute Gasteiger partial charge is 0.373 e. The van der Waals surface area contributed by atoms with Gasteiger partial charge in [-0.25, -0.2) is 4.39 Å². The number of allylic oxidation sites excluding steroid dienone is 2. The minimum absolute atomic E-state index is 0.0725. The Labute approximate surface area is 206 Å². The third kappa shape index (κ3) is 5.45. The van der Waals surface area contributed by atoms with Gasteiger partial charge in [-0.05, 0) is 69.2 Å². The van der Waals surface area contributed by atoms with E-state index in [0.717, 1.165) is 36.5 Å². The summed E-state index contributed by atoms with van der Waals surface area (Å²) in [7, 11) is 2.05. The van der Waals surface area contributed by atoms with Crippen molar-refractivity contribution in [1.82, 2.24) is 9.91 Å². The summed E-state index contributed by atoms with van der Waals surface area (Å²) < 4.78 is 59.6. The monoisotopic (exact) mass is 519 g/mol. The Morgan fingerprint density at radius 1 is 1.18 bits per heavy atom. The molecule has 0 radical (unpaired) electrons. The predicted octanol–water partition coefficient (Wildman–Crippen LogP) is 5.67. The molecule has 4 nitrogen and oxygen atoms in total. The molecule has 2 aliphatic heterocycles. The van der Waals surface area contributed by atoms with E-state index >= 15 is 0 Å². The first-order valence-corrected chi connectivity index (χ1v) is 12.0. The van der Waals surface area contributed by atoms with Crippen molar-refractivity contribution in [3.05, 3.63) is 58.4 Å². The van der Waals surface area contributed by atoms with Gasteiger partial charge in [0.15, 0.2) is 0 Å². The Morgan fingerprint density at radius 2 is 1.82 bits per heavy atom. The molecule has 1 aromatic carbocycles. The normalized spacial score (nSPS) is 26.0. The zero-order chi connectivity index (χ0) is 24.7. The molecule has 3 aliphatic rings. The van der Waals surface area contributed by atoms with Crippen LogP contribution in [0.15, 0.2) is 52.1 Å². The van der Waals surface area contributed by atoms with E-state index in [2.05, 4.69) is 17.0 Å². The molecule has 2 heterocycles. The molecular formula is C24H27Cl2F4N3O. The lowest BCUT2D eigenvalue weighted by molar-refractivity contribution is -0.149. The van der Waals surface area contributed by atoms with Crippen LogP contribution in [-0.2, 0) is 10.2 Å². The molecule has 186 valence electrons. The molecule has 1 aromatic rings. The molecule has 1 fully saturated rings. The second-order valence-corrected chi connectivity index (χ2v) is 10.2. The van der Waals surface area contributed by atoms with Crippen molar-refractivity contribution in [1.29, 1.82) is 0 Å². The number of ether oxygens (including phenoxy) is 1. The number of alkyl halides is 3. The maximum absolute atomic E-state index is 13.6. The average Bonchev–Trinajstić information content (AvgIpc) is 3.06. The second kappa shape index (κ2) is 9.80. The fourth-order valence-corrected chi connectivity index (χ4v) is 5.53. The van der Waals surface area contributed by atoms with Crippen LogP contribution in [0.3, 0.4) is 0 Å². The van der Waals surface area contributed by atoms with E-state index in [4.69, 9.17) is 27.9 Å². The van der Waals surface area contributed by atoms with Crippen molar-refractivity contribution >= 4 is 28.4 Å². The largest absolute Gasteiger partial charge is 0.407 e. The molecule has 3 atom stereocenters. The van der Waals surface area contributed by atoms with Crippen LogP contribution >= 0.6 is 23.2 Å². The fraction of sp³-hybridized carbons (Fsp3) is 0.542. The Hall–Kier alpha value is -1.61. The fourth-order valence-electron chi connectivity index (χ4n) is 4.99. The van der Waals surface area contributed by atoms with Crippen molar-refractivity contribution in [2.75, 3.05) is 33.3 Å². The van der Waals surface area contributed by atoms with Gasteiger partial charge in [0.1, 0.15) is 17.5 Å². The second-order valence-electron chi connectivity index (χ2n) is 9.35. The standard InChI is InChI=1S/C24H27Cl2F4N3O/c1-15(19-11-17(25)12-20-21(19)33(31-22(20)26)13-24(28,29)30)34-14-23(7-9-32(2)10-8-23)16-3-5-18(27)6-4-16/h3-6,11-12,15,20-21H,7-10,13-14H2,1-2H3/t15-,20?,21?/m1/s1. The third-order valence-electron chi connectivity index (χ3n) is 6.97. The molecule has 4 rings (SSSR count). The Kier molecular flexibility index (Phi) is 7.34. The van der Waals surface area contributed by atoms with Crippen LogP contribution in [0.5, 0.6) is 0 Å². The summed E-state index contributed by atoms with van der Waals surface area (Å²) in [4.78, 5) is 2.23. The van der Waals surface area contributed by atoms with Gasteiger partial charge < -0.3 is 9.64 Å². The van der Waals surface area contributed by atoms with Crippen molar-refractivity contribution in [3.63, 3.8) is 0 Å². The highest BCUT2D eigenvalue weighted by atomic mass is 35.5. The molecule has 0 saturated carbocycles. The number of nitrogens with zero attached hydrogens (tertiary/aromatic N) is 3. The lowest BCUT2D eigenvalue weighted by Gasteiger charge is -2.42. The van der Waals surface area contributed by atoms with Crippen LogP contribution in [0.4, 0.5) is 17.6 Å². The van der Waals surface area contributed by atoms with Gasteiger partial charge in [0.25, 0.3) is 0 Å². The molecule has 0 aromatic heterocycles. The van der Waals surface area contributed by atoms with E-state index in [1.807, 2.05) is 6.92 Å². The van der Waals surface area contributed by atoms with Crippen molar-refractivity contribution in [2.45, 2.75) is 43.5 Å². The van der Waals surface area contributed by atoms with Crippen LogP contribution in [0.2, 0.25) is 0 Å². The topological polar surface area (TPSA) is 28.1 Å². The van der Waals surface area contributed by atoms with E-state index in [1.165, 1.54) is 12.1 Å². The summed E-state index contributed by atoms with van der Waals surface area (Å²) in [5.41, 5.74) is 1.27. The van der Waals surface area contributed by atoms with Gasteiger partial charge in [-0.15, -0.1) is 0 Å². The number of piperidine rings is 1. The number of halogens is 6. The van der Waals surface area contributed by atoms with E-state index in [0.29, 0.717) is 17.2 Å². The molecule has 34 heavy (non-hydrogen) atoms. The molecule has 1 saturated heterocycles. The summed E-state index contributed by atoms with van der Waals surface area (Å²) >= 11 is 12.5. The van der Waals surface area contributed by atoms with Gasteiger partial charge in [0.05, 0.1) is 24.7 Å². The maximum Gasteiger partial charge on any atom is 0.407 e. The number of hydrogen-bond donors (Lipinski definition) is 0. The van der Waals surface area contributed by atoms with E-state index in [1.54, 1.807) is 24.3 Å². The zero-order valence-electron chi connectivity index (χ0n) is 19.0. The highest BCUT2D eigenvalue weighted by Crippen LogP contribution is 2.41. The quantitative estimate of drug-likeness (QED) is 0.453. The first-order chi connectivity index (χ1) is 16.0. The number of hydrogen-bond acceptors (Lipinski definition) is 4. The predicted molar refractivity (Wildman–Crippen MR) is 126 cm³/mol. The minimum atomic E-state index is -4.43. The van der Waals surface area contributed by atoms with Crippen LogP contribution in [0.25, 0.3) is 0 Å². The molecule has 0 N–H and O–H groups in total. The van der Waals surface area contributed by atoms with Gasteiger partial charge in [-0.1, -0.05) is 41.4 Å². The highest BCUT2D eigenvalue weighted by molar-refractivity contribution is 6.66. The Bertz CT molecular complexity index is 985. The number of hydrazone groups is 1. The van der Waals surface area contributed by atoms with Crippen LogP contribution < -0.4 is 0 Å². The Morgan fingerprint density at radius 3 is 2.44 bits per heavy atom. The molecule has 0 amide bonds. The third-order valence-corrected chi connectivity index (χ3v) is 7.53. The minimum Gasteiger partial charge on any atom is -0.373 e. The van der Waals surface area contributed by atoms with E-state index in [9.17, 15) is 17.6 Å². The van der Waals surface area contributed by atoms with Gasteiger partial charge in [-0.3, -0.25) is 5.01 Å². The summed E-state index contributed by atoms with van der Waals surface area (Å²) in [6, 6.07) is 5.76. The molecule has 1 aliphatic carbocycles. The highest BCUT2D eigenvalue weighted by Gasteiger charge is 2.46. The van der Waals surface area contributed by atoms with E-state index in [-0.39, 0.29) is 16.4 Å². The number of rotatable bonds is 6. The van der Waals surface area contributed by atoms with Crippen LogP contribution in [0, 0.1) is 11.7 Å². The molecule has 2 unspecified atom stereocenters. The first-order valence-electron chi connectivity index (χ1n) is 11.2. The molecule has 10 heteroatoms. The van der Waals surface area contributed by atoms with Crippen LogP contribution in [-0.4, -0.2) is 66.7 Å². The summed E-state index contributed by atoms with van der Waals surface area (Å²) in [5.74, 6) is -0.860. The number of benzene rings is 1. The Balaban J connectivity index is 1.56. The summed E-state index contributed by atoms with van der Waals surface area (Å²) in [5, 5.41) is 5.41. The van der Waals surface area contributed by atoms with Gasteiger partial charge in [0.2, 0.25) is 0 Å². The van der Waals surface area contributed by atoms with Crippen LogP contribution in [0.1, 0.15) is 25.3 Å². The average molecular weight is 520 g/mol. The zero-order valence-corrected chi connectivity index (χ0v) is 20.5. The van der Waals surface area contributed by atoms with Crippen molar-refractivity contribution in [3.8, 4) is 0 Å². The molecule has 0 bridgehead atoms. The summed E-state index contributed by atoms with van der Waals surface area (Å²) in [6.07, 6.45) is -0.0367. The lowest BCUT2D eigenvalue weighted by atomic mass is 9.73. The maximum atomic E-state index is 13.6. The van der Waals surface area contributed by atoms with Gasteiger partial charge >= 0.3 is 6.18 Å². The van der Waals surface area contributed by atoms with Crippen molar-refractivity contribution in [2.24, 2.45) is 11.0 Å². The van der Waals surface area contributed by atoms with Gasteiger partial charge in [0, 0.05) is 10.4 Å². The van der Waals surface area contributed by atoms with E-state index < -0.39 is 30.8 Å². The number of fused-ring (bicyclic) bond motifs is 1. The first kappa shape index (κ1) is 25.5. The molecular weight excluding hydrogens is 493 g/mol. The summed E-state index contributed by atoms with van der Waals surface area (Å²) in [6.45, 7) is 2.66. The lowest BCUT2D eigenvalue weighted by Crippen LogP contribution is -2.46. The SMILES string of the molecule is C[C@@H](OCC1(c2ccc(F)cc2)CCN(C)CC1)C1=CC(Cl)=CC2C(Cl)=NN(CC(F)(F)F)C12.